The van der Waals surface area contributed by atoms with Crippen molar-refractivity contribution < 1.29 is 9.53 Å². The average Bonchev–Trinajstić information content (AvgIpc) is 2.78. The summed E-state index contributed by atoms with van der Waals surface area (Å²) < 4.78 is 6.93. The lowest BCUT2D eigenvalue weighted by atomic mass is 10.1. The Hall–Kier alpha value is -2.64. The van der Waals surface area contributed by atoms with Crippen LogP contribution in [0.5, 0.6) is 5.75 Å². The van der Waals surface area contributed by atoms with Crippen molar-refractivity contribution in [3.05, 3.63) is 64.4 Å². The molecule has 0 N–H and O–H groups in total. The highest BCUT2D eigenvalue weighted by atomic mass is 32.2. The van der Waals surface area contributed by atoms with Gasteiger partial charge in [-0.25, -0.2) is 4.98 Å². The highest BCUT2D eigenvalue weighted by molar-refractivity contribution is 7.99. The molecule has 2 aromatic carbocycles. The molecule has 1 heterocycles. The van der Waals surface area contributed by atoms with Crippen LogP contribution in [-0.2, 0) is 6.54 Å². The van der Waals surface area contributed by atoms with E-state index >= 15 is 0 Å². The summed E-state index contributed by atoms with van der Waals surface area (Å²) >= 11 is 1.30. The van der Waals surface area contributed by atoms with E-state index in [4.69, 9.17) is 9.72 Å². The molecule has 1 aromatic heterocycles. The molecule has 0 aliphatic rings. The Morgan fingerprint density at radius 2 is 1.81 bits per heavy atom. The van der Waals surface area contributed by atoms with Crippen LogP contribution < -0.4 is 10.3 Å². The molecule has 0 fully saturated rings. The zero-order valence-electron chi connectivity index (χ0n) is 19.4. The predicted octanol–water partition coefficient (Wildman–Crippen LogP) is 4.50. The lowest BCUT2D eigenvalue weighted by molar-refractivity contribution is 0.102. The number of benzene rings is 2. The fraction of sp³-hybridized carbons (Fsp3) is 0.400. The van der Waals surface area contributed by atoms with Crippen molar-refractivity contribution in [1.29, 1.82) is 0 Å². The fourth-order valence-electron chi connectivity index (χ4n) is 3.79. The van der Waals surface area contributed by atoms with Gasteiger partial charge in [-0.2, -0.15) is 0 Å². The van der Waals surface area contributed by atoms with Crippen molar-refractivity contribution in [3.8, 4) is 5.75 Å². The topological polar surface area (TPSA) is 64.4 Å². The average molecular weight is 454 g/mol. The van der Waals surface area contributed by atoms with Crippen molar-refractivity contribution in [2.75, 3.05) is 19.4 Å². The number of methoxy groups -OCH3 is 1. The zero-order valence-corrected chi connectivity index (χ0v) is 20.2. The molecule has 0 unspecified atom stereocenters. The van der Waals surface area contributed by atoms with Gasteiger partial charge < -0.3 is 4.74 Å². The van der Waals surface area contributed by atoms with Gasteiger partial charge >= 0.3 is 0 Å². The predicted molar refractivity (Wildman–Crippen MR) is 131 cm³/mol. The molecule has 0 radical (unpaired) electrons. The Labute approximate surface area is 193 Å². The Bertz CT molecular complexity index is 1130. The first-order chi connectivity index (χ1) is 15.3. The number of Topliss-reactive ketones (excluding diaryl/α,β-unsaturated/α-hetero) is 1. The van der Waals surface area contributed by atoms with Crippen LogP contribution in [0.1, 0.15) is 38.1 Å². The second kappa shape index (κ2) is 10.8. The van der Waals surface area contributed by atoms with Crippen molar-refractivity contribution in [2.45, 2.75) is 51.5 Å². The van der Waals surface area contributed by atoms with Crippen LogP contribution in [0.4, 0.5) is 0 Å². The molecule has 3 rings (SSSR count). The Balaban J connectivity index is 1.89. The zero-order chi connectivity index (χ0) is 23.3. The molecule has 3 aromatic rings. The molecular formula is C25H31N3O3S. The van der Waals surface area contributed by atoms with E-state index in [2.05, 4.69) is 32.6 Å². The number of ketones is 1. The van der Waals surface area contributed by atoms with Gasteiger partial charge in [0, 0.05) is 30.7 Å². The molecule has 6 nitrogen and oxygen atoms in total. The van der Waals surface area contributed by atoms with Crippen LogP contribution in [0.15, 0.2) is 58.5 Å². The first kappa shape index (κ1) is 24.0. The quantitative estimate of drug-likeness (QED) is 0.256. The van der Waals surface area contributed by atoms with E-state index in [-0.39, 0.29) is 17.1 Å². The van der Waals surface area contributed by atoms with Gasteiger partial charge in [0.05, 0.1) is 23.8 Å². The summed E-state index contributed by atoms with van der Waals surface area (Å²) in [6, 6.07) is 15.2. The number of thioether (sulfide) groups is 1. The highest BCUT2D eigenvalue weighted by Crippen LogP contribution is 2.21. The first-order valence-electron chi connectivity index (χ1n) is 10.9. The van der Waals surface area contributed by atoms with Crippen LogP contribution in [0.3, 0.4) is 0 Å². The Morgan fingerprint density at radius 3 is 2.50 bits per heavy atom. The van der Waals surface area contributed by atoms with Crippen molar-refractivity contribution in [2.24, 2.45) is 0 Å². The molecule has 0 saturated carbocycles. The van der Waals surface area contributed by atoms with Gasteiger partial charge in [0.1, 0.15) is 5.75 Å². The van der Waals surface area contributed by atoms with E-state index in [0.717, 1.165) is 6.54 Å². The Morgan fingerprint density at radius 1 is 1.09 bits per heavy atom. The van der Waals surface area contributed by atoms with Gasteiger partial charge in [0.2, 0.25) is 0 Å². The molecule has 32 heavy (non-hydrogen) atoms. The normalized spacial score (nSPS) is 11.6. The van der Waals surface area contributed by atoms with Gasteiger partial charge in [-0.1, -0.05) is 36.0 Å². The molecule has 0 atom stereocenters. The second-order valence-electron chi connectivity index (χ2n) is 8.24. The SMILES string of the molecule is COc1cccc(C(=O)CSc2nc3ccccc3c(=O)n2CCN(C(C)C)C(C)C)c1. The summed E-state index contributed by atoms with van der Waals surface area (Å²) in [5.74, 6) is 0.800. The number of rotatable bonds is 10. The molecule has 7 heteroatoms. The van der Waals surface area contributed by atoms with Crippen LogP contribution in [-0.4, -0.2) is 51.7 Å². The summed E-state index contributed by atoms with van der Waals surface area (Å²) in [7, 11) is 1.58. The van der Waals surface area contributed by atoms with Crippen molar-refractivity contribution >= 4 is 28.4 Å². The first-order valence-corrected chi connectivity index (χ1v) is 11.9. The van der Waals surface area contributed by atoms with E-state index < -0.39 is 0 Å². The van der Waals surface area contributed by atoms with Gasteiger partial charge in [-0.15, -0.1) is 0 Å². The monoisotopic (exact) mass is 453 g/mol. The summed E-state index contributed by atoms with van der Waals surface area (Å²) in [5, 5.41) is 1.16. The molecule has 170 valence electrons. The number of carbonyl (C=O) groups excluding carboxylic acids is 1. The van der Waals surface area contributed by atoms with E-state index in [9.17, 15) is 9.59 Å². The number of aromatic nitrogens is 2. The van der Waals surface area contributed by atoms with Gasteiger partial charge in [-0.3, -0.25) is 19.1 Å². The molecule has 0 spiro atoms. The number of hydrogen-bond donors (Lipinski definition) is 0. The summed E-state index contributed by atoms with van der Waals surface area (Å²) in [6.45, 7) is 9.87. The summed E-state index contributed by atoms with van der Waals surface area (Å²) in [5.41, 5.74) is 1.16. The molecular weight excluding hydrogens is 422 g/mol. The number of nitrogens with zero attached hydrogens (tertiary/aromatic N) is 3. The minimum atomic E-state index is -0.0700. The van der Waals surface area contributed by atoms with Crippen LogP contribution >= 0.6 is 11.8 Å². The smallest absolute Gasteiger partial charge is 0.262 e. The van der Waals surface area contributed by atoms with E-state index in [1.165, 1.54) is 11.8 Å². The fourth-order valence-corrected chi connectivity index (χ4v) is 4.71. The van der Waals surface area contributed by atoms with E-state index in [1.54, 1.807) is 35.9 Å². The number of fused-ring (bicyclic) bond motifs is 1. The van der Waals surface area contributed by atoms with Crippen LogP contribution in [0, 0.1) is 0 Å². The number of hydrogen-bond acceptors (Lipinski definition) is 6. The minimum absolute atomic E-state index is 0.0335. The largest absolute Gasteiger partial charge is 0.497 e. The van der Waals surface area contributed by atoms with Gasteiger partial charge in [-0.05, 0) is 52.0 Å². The summed E-state index contributed by atoms with van der Waals surface area (Å²) in [4.78, 5) is 33.2. The van der Waals surface area contributed by atoms with Crippen molar-refractivity contribution in [3.63, 3.8) is 0 Å². The maximum atomic E-state index is 13.3. The molecule has 0 aliphatic heterocycles. The van der Waals surface area contributed by atoms with Gasteiger partial charge in [0.15, 0.2) is 10.9 Å². The third kappa shape index (κ3) is 5.58. The molecule has 0 saturated heterocycles. The lowest BCUT2D eigenvalue weighted by Crippen LogP contribution is -2.40. The third-order valence-electron chi connectivity index (χ3n) is 5.46. The number of carbonyl (C=O) groups is 1. The van der Waals surface area contributed by atoms with Crippen molar-refractivity contribution in [1.82, 2.24) is 14.5 Å². The lowest BCUT2D eigenvalue weighted by Gasteiger charge is -2.30. The van der Waals surface area contributed by atoms with E-state index in [0.29, 0.717) is 46.0 Å². The minimum Gasteiger partial charge on any atom is -0.497 e. The second-order valence-corrected chi connectivity index (χ2v) is 9.18. The Kier molecular flexibility index (Phi) is 8.10. The summed E-state index contributed by atoms with van der Waals surface area (Å²) in [6.07, 6.45) is 0. The highest BCUT2D eigenvalue weighted by Gasteiger charge is 2.18. The molecule has 0 amide bonds. The van der Waals surface area contributed by atoms with E-state index in [1.807, 2.05) is 24.3 Å². The van der Waals surface area contributed by atoms with Gasteiger partial charge in [0.25, 0.3) is 5.56 Å². The van der Waals surface area contributed by atoms with Crippen LogP contribution in [0.25, 0.3) is 10.9 Å². The van der Waals surface area contributed by atoms with Crippen LogP contribution in [0.2, 0.25) is 0 Å². The number of ether oxygens (including phenoxy) is 1. The number of para-hydroxylation sites is 1. The maximum absolute atomic E-state index is 13.3. The standard InChI is InChI=1S/C25H31N3O3S/c1-17(2)27(18(3)4)13-14-28-24(30)21-11-6-7-12-22(21)26-25(28)32-16-23(29)19-9-8-10-20(15-19)31-5/h6-12,15,17-18H,13-14,16H2,1-5H3. The molecule has 0 aliphatic carbocycles. The molecule has 0 bridgehead atoms. The third-order valence-corrected chi connectivity index (χ3v) is 6.44. The maximum Gasteiger partial charge on any atom is 0.262 e.